The average molecular weight is 334 g/mol. The van der Waals surface area contributed by atoms with E-state index in [1.165, 1.54) is 35.9 Å². The summed E-state index contributed by atoms with van der Waals surface area (Å²) in [5.41, 5.74) is 6.92. The van der Waals surface area contributed by atoms with E-state index in [0.717, 1.165) is 48.3 Å². The van der Waals surface area contributed by atoms with Gasteiger partial charge in [0.1, 0.15) is 0 Å². The van der Waals surface area contributed by atoms with Crippen molar-refractivity contribution in [2.45, 2.75) is 45.1 Å². The van der Waals surface area contributed by atoms with E-state index in [-0.39, 0.29) is 5.91 Å². The number of rotatable bonds is 1. The number of hydrogen-bond donors (Lipinski definition) is 2. The van der Waals surface area contributed by atoms with Crippen LogP contribution in [0.3, 0.4) is 0 Å². The van der Waals surface area contributed by atoms with Crippen molar-refractivity contribution in [2.24, 2.45) is 0 Å². The summed E-state index contributed by atoms with van der Waals surface area (Å²) >= 11 is 0. The number of carbonyl (C=O) groups excluding carboxylic acids is 1. The quantitative estimate of drug-likeness (QED) is 0.670. The molecule has 1 amide bonds. The van der Waals surface area contributed by atoms with Crippen LogP contribution in [0.2, 0.25) is 0 Å². The number of nitrogens with zero attached hydrogens (tertiary/aromatic N) is 2. The highest BCUT2D eigenvalue weighted by atomic mass is 16.2. The molecular formula is C20H22N4O. The van der Waals surface area contributed by atoms with Crippen LogP contribution in [-0.4, -0.2) is 32.3 Å². The molecule has 5 nitrogen and oxygen atoms in total. The smallest absolute Gasteiger partial charge is 0.254 e. The fourth-order valence-corrected chi connectivity index (χ4v) is 4.28. The van der Waals surface area contributed by atoms with Crippen LogP contribution in [0.15, 0.2) is 24.5 Å². The van der Waals surface area contributed by atoms with Crippen LogP contribution in [0.1, 0.15) is 52.3 Å². The van der Waals surface area contributed by atoms with Gasteiger partial charge in [0.2, 0.25) is 0 Å². The number of H-pyrrole nitrogens is 2. The van der Waals surface area contributed by atoms with Gasteiger partial charge < -0.3 is 14.9 Å². The summed E-state index contributed by atoms with van der Waals surface area (Å²) < 4.78 is 0. The van der Waals surface area contributed by atoms with Gasteiger partial charge in [-0.05, 0) is 49.4 Å². The Labute approximate surface area is 146 Å². The molecule has 0 unspecified atom stereocenters. The Morgan fingerprint density at radius 3 is 2.96 bits per heavy atom. The Kier molecular flexibility index (Phi) is 3.40. The highest BCUT2D eigenvalue weighted by Crippen LogP contribution is 2.29. The van der Waals surface area contributed by atoms with Crippen molar-refractivity contribution in [1.82, 2.24) is 19.9 Å². The summed E-state index contributed by atoms with van der Waals surface area (Å²) in [6.07, 6.45) is 8.59. The van der Waals surface area contributed by atoms with Gasteiger partial charge in [-0.3, -0.25) is 4.79 Å². The van der Waals surface area contributed by atoms with E-state index in [0.29, 0.717) is 6.54 Å². The molecule has 0 spiro atoms. The number of hydrogen-bond acceptors (Lipinski definition) is 2. The Hall–Kier alpha value is -2.56. The molecule has 0 saturated carbocycles. The lowest BCUT2D eigenvalue weighted by atomic mass is 10.0. The molecule has 0 fully saturated rings. The molecule has 1 aromatic carbocycles. The number of benzene rings is 1. The molecule has 5 rings (SSSR count). The molecule has 128 valence electrons. The minimum absolute atomic E-state index is 0.116. The third-order valence-corrected chi connectivity index (χ3v) is 5.66. The number of aromatic amines is 2. The number of nitrogens with one attached hydrogen (secondary N) is 2. The first-order valence-corrected chi connectivity index (χ1v) is 9.23. The van der Waals surface area contributed by atoms with E-state index in [9.17, 15) is 4.79 Å². The third kappa shape index (κ3) is 2.46. The largest absolute Gasteiger partial charge is 0.358 e. The van der Waals surface area contributed by atoms with Crippen LogP contribution in [0.5, 0.6) is 0 Å². The Bertz CT molecular complexity index is 952. The number of amides is 1. The lowest BCUT2D eigenvalue weighted by molar-refractivity contribution is 0.0732. The zero-order valence-corrected chi connectivity index (χ0v) is 14.3. The minimum atomic E-state index is 0.116. The summed E-state index contributed by atoms with van der Waals surface area (Å²) in [4.78, 5) is 26.0. The lowest BCUT2D eigenvalue weighted by Crippen LogP contribution is -2.36. The van der Waals surface area contributed by atoms with Crippen molar-refractivity contribution < 1.29 is 4.79 Å². The maximum Gasteiger partial charge on any atom is 0.254 e. The predicted molar refractivity (Wildman–Crippen MR) is 96.6 cm³/mol. The monoisotopic (exact) mass is 334 g/mol. The summed E-state index contributed by atoms with van der Waals surface area (Å²) in [6.45, 7) is 1.36. The topological polar surface area (TPSA) is 64.8 Å². The minimum Gasteiger partial charge on any atom is -0.358 e. The number of fused-ring (bicyclic) bond motifs is 4. The summed E-state index contributed by atoms with van der Waals surface area (Å²) in [5.74, 6) is 0.116. The highest BCUT2D eigenvalue weighted by molar-refractivity contribution is 5.99. The molecular weight excluding hydrogens is 312 g/mol. The number of imidazole rings is 1. The van der Waals surface area contributed by atoms with E-state index in [2.05, 4.69) is 27.1 Å². The molecule has 0 saturated heterocycles. The van der Waals surface area contributed by atoms with Gasteiger partial charge in [0.25, 0.3) is 5.91 Å². The molecule has 5 heteroatoms. The Morgan fingerprint density at radius 2 is 2.00 bits per heavy atom. The van der Waals surface area contributed by atoms with Gasteiger partial charge in [0, 0.05) is 35.1 Å². The SMILES string of the molecule is O=C(c1ccc2[nH]c3c(c2c1)CCCCC3)N1CCc2nc[nH]c2C1. The van der Waals surface area contributed by atoms with Crippen LogP contribution >= 0.6 is 0 Å². The van der Waals surface area contributed by atoms with Crippen molar-refractivity contribution in [2.75, 3.05) is 6.54 Å². The standard InChI is InChI=1S/C20H22N4O/c25-20(24-9-8-18-19(11-24)22-12-21-18)13-6-7-17-15(10-13)14-4-2-1-3-5-16(14)23-17/h6-7,10,12,23H,1-5,8-9,11H2,(H,21,22). The first kappa shape index (κ1) is 14.8. The molecule has 0 atom stereocenters. The fourth-order valence-electron chi connectivity index (χ4n) is 4.28. The van der Waals surface area contributed by atoms with Gasteiger partial charge in [-0.2, -0.15) is 0 Å². The van der Waals surface area contributed by atoms with Gasteiger partial charge in [-0.1, -0.05) is 6.42 Å². The van der Waals surface area contributed by atoms with E-state index in [4.69, 9.17) is 0 Å². The molecule has 1 aliphatic carbocycles. The van der Waals surface area contributed by atoms with Gasteiger partial charge >= 0.3 is 0 Å². The van der Waals surface area contributed by atoms with Crippen LogP contribution in [0.25, 0.3) is 10.9 Å². The summed E-state index contributed by atoms with van der Waals surface area (Å²) in [6, 6.07) is 6.13. The zero-order chi connectivity index (χ0) is 16.8. The number of aryl methyl sites for hydroxylation is 2. The summed E-state index contributed by atoms with van der Waals surface area (Å²) in [5, 5.41) is 1.24. The zero-order valence-electron chi connectivity index (χ0n) is 14.3. The van der Waals surface area contributed by atoms with Crippen LogP contribution in [0.4, 0.5) is 0 Å². The molecule has 3 heterocycles. The second-order valence-electron chi connectivity index (χ2n) is 7.21. The van der Waals surface area contributed by atoms with Crippen LogP contribution in [-0.2, 0) is 25.8 Å². The average Bonchev–Trinajstić information content (AvgIpc) is 3.17. The van der Waals surface area contributed by atoms with Gasteiger partial charge in [0.15, 0.2) is 0 Å². The molecule has 25 heavy (non-hydrogen) atoms. The second-order valence-corrected chi connectivity index (χ2v) is 7.21. The molecule has 0 bridgehead atoms. The van der Waals surface area contributed by atoms with E-state index in [1.54, 1.807) is 6.33 Å². The Morgan fingerprint density at radius 1 is 1.08 bits per heavy atom. The fraction of sp³-hybridized carbons (Fsp3) is 0.400. The molecule has 2 N–H and O–H groups in total. The maximum absolute atomic E-state index is 13.0. The van der Waals surface area contributed by atoms with Crippen molar-refractivity contribution in [3.63, 3.8) is 0 Å². The van der Waals surface area contributed by atoms with E-state index in [1.807, 2.05) is 11.0 Å². The Balaban J connectivity index is 1.48. The molecule has 2 aromatic heterocycles. The molecule has 1 aliphatic heterocycles. The predicted octanol–water partition coefficient (Wildman–Crippen LogP) is 3.36. The van der Waals surface area contributed by atoms with Crippen molar-refractivity contribution >= 4 is 16.8 Å². The summed E-state index contributed by atoms with van der Waals surface area (Å²) in [7, 11) is 0. The molecule has 3 aromatic rings. The van der Waals surface area contributed by atoms with Gasteiger partial charge in [-0.25, -0.2) is 4.98 Å². The number of aromatic nitrogens is 3. The first-order valence-electron chi connectivity index (χ1n) is 9.23. The number of carbonyl (C=O) groups is 1. The van der Waals surface area contributed by atoms with Crippen molar-refractivity contribution in [1.29, 1.82) is 0 Å². The lowest BCUT2D eigenvalue weighted by Gasteiger charge is -2.26. The third-order valence-electron chi connectivity index (χ3n) is 5.66. The van der Waals surface area contributed by atoms with Crippen molar-refractivity contribution in [3.05, 3.63) is 52.7 Å². The van der Waals surface area contributed by atoms with Crippen molar-refractivity contribution in [3.8, 4) is 0 Å². The highest BCUT2D eigenvalue weighted by Gasteiger charge is 2.24. The molecule has 0 radical (unpaired) electrons. The van der Waals surface area contributed by atoms with Crippen LogP contribution < -0.4 is 0 Å². The molecule has 2 aliphatic rings. The normalized spacial score (nSPS) is 17.2. The van der Waals surface area contributed by atoms with Gasteiger partial charge in [-0.15, -0.1) is 0 Å². The maximum atomic E-state index is 13.0. The van der Waals surface area contributed by atoms with E-state index < -0.39 is 0 Å². The van der Waals surface area contributed by atoms with E-state index >= 15 is 0 Å². The first-order chi connectivity index (χ1) is 12.3. The van der Waals surface area contributed by atoms with Crippen LogP contribution in [0, 0.1) is 0 Å². The van der Waals surface area contributed by atoms with Gasteiger partial charge in [0.05, 0.1) is 24.3 Å². The second kappa shape index (κ2) is 5.76.